The van der Waals surface area contributed by atoms with E-state index in [1.807, 2.05) is 78.9 Å². The fourth-order valence-corrected chi connectivity index (χ4v) is 3.01. The highest BCUT2D eigenvalue weighted by atomic mass is 79.9. The first-order valence-electron chi connectivity index (χ1n) is 7.97. The third-order valence-corrected chi connectivity index (χ3v) is 4.72. The fraction of sp³-hybridized carbons (Fsp3) is 0.0952. The molecule has 0 heterocycles. The average molecular weight is 415 g/mol. The molecule has 1 unspecified atom stereocenters. The molecule has 0 bridgehead atoms. The summed E-state index contributed by atoms with van der Waals surface area (Å²) < 4.78 is 0.959. The molecule has 126 valence electrons. The van der Waals surface area contributed by atoms with Gasteiger partial charge in [-0.25, -0.2) is 0 Å². The number of halogens is 2. The zero-order valence-corrected chi connectivity index (χ0v) is 15.8. The third kappa shape index (κ3) is 4.94. The van der Waals surface area contributed by atoms with Gasteiger partial charge in [0, 0.05) is 27.2 Å². The molecule has 0 amide bonds. The van der Waals surface area contributed by atoms with E-state index in [1.165, 1.54) is 0 Å². The fourth-order valence-electron chi connectivity index (χ4n) is 2.62. The Labute approximate surface area is 161 Å². The number of hydrogen-bond donors (Lipinski definition) is 1. The first-order valence-corrected chi connectivity index (χ1v) is 9.15. The second kappa shape index (κ2) is 8.32. The van der Waals surface area contributed by atoms with Crippen LogP contribution in [-0.4, -0.2) is 5.78 Å². The smallest absolute Gasteiger partial charge is 0.165 e. The van der Waals surface area contributed by atoms with Crippen LogP contribution in [0.5, 0.6) is 0 Å². The largest absolute Gasteiger partial charge is 0.378 e. The molecule has 0 spiro atoms. The molecule has 0 aliphatic carbocycles. The van der Waals surface area contributed by atoms with Gasteiger partial charge in [0.15, 0.2) is 5.78 Å². The molecule has 1 atom stereocenters. The SMILES string of the molecule is O=C(CC(Nc1ccccc1)c1ccc(Cl)cc1)c1ccc(Br)cc1. The lowest BCUT2D eigenvalue weighted by Gasteiger charge is -2.20. The van der Waals surface area contributed by atoms with Gasteiger partial charge in [-0.2, -0.15) is 0 Å². The minimum Gasteiger partial charge on any atom is -0.378 e. The summed E-state index contributed by atoms with van der Waals surface area (Å²) in [6.07, 6.45) is 0.359. The topological polar surface area (TPSA) is 29.1 Å². The van der Waals surface area contributed by atoms with Crippen LogP contribution in [0, 0.1) is 0 Å². The van der Waals surface area contributed by atoms with Crippen molar-refractivity contribution in [1.29, 1.82) is 0 Å². The lowest BCUT2D eigenvalue weighted by Crippen LogP contribution is -2.15. The highest BCUT2D eigenvalue weighted by Crippen LogP contribution is 2.26. The van der Waals surface area contributed by atoms with Gasteiger partial charge in [0.1, 0.15) is 0 Å². The molecular weight excluding hydrogens is 398 g/mol. The first kappa shape index (κ1) is 17.7. The summed E-state index contributed by atoms with van der Waals surface area (Å²) in [7, 11) is 0. The van der Waals surface area contributed by atoms with Crippen molar-refractivity contribution in [2.24, 2.45) is 0 Å². The van der Waals surface area contributed by atoms with Gasteiger partial charge in [-0.05, 0) is 42.0 Å². The Kier molecular flexibility index (Phi) is 5.90. The van der Waals surface area contributed by atoms with Crippen LogP contribution >= 0.6 is 27.5 Å². The molecule has 0 aliphatic heterocycles. The second-order valence-electron chi connectivity index (χ2n) is 5.75. The third-order valence-electron chi connectivity index (χ3n) is 3.94. The van der Waals surface area contributed by atoms with Crippen molar-refractivity contribution in [1.82, 2.24) is 0 Å². The van der Waals surface area contributed by atoms with Crippen LogP contribution in [0.1, 0.15) is 28.4 Å². The van der Waals surface area contributed by atoms with E-state index in [-0.39, 0.29) is 11.8 Å². The Balaban J connectivity index is 1.83. The van der Waals surface area contributed by atoms with Crippen molar-refractivity contribution < 1.29 is 4.79 Å². The Hall–Kier alpha value is -2.10. The maximum atomic E-state index is 12.7. The molecule has 3 aromatic carbocycles. The maximum absolute atomic E-state index is 12.7. The van der Waals surface area contributed by atoms with Crippen molar-refractivity contribution >= 4 is 39.0 Å². The minimum absolute atomic E-state index is 0.0934. The first-order chi connectivity index (χ1) is 12.1. The molecular formula is C21H17BrClNO. The van der Waals surface area contributed by atoms with Crippen LogP contribution in [-0.2, 0) is 0 Å². The molecule has 3 aromatic rings. The average Bonchev–Trinajstić information content (AvgIpc) is 2.63. The predicted molar refractivity (Wildman–Crippen MR) is 107 cm³/mol. The van der Waals surface area contributed by atoms with Gasteiger partial charge in [-0.3, -0.25) is 4.79 Å². The Morgan fingerprint density at radius 3 is 2.20 bits per heavy atom. The van der Waals surface area contributed by atoms with Crippen LogP contribution < -0.4 is 5.32 Å². The van der Waals surface area contributed by atoms with Gasteiger partial charge in [-0.1, -0.05) is 70.0 Å². The Bertz CT molecular complexity index is 832. The summed E-state index contributed by atoms with van der Waals surface area (Å²) >= 11 is 9.40. The van der Waals surface area contributed by atoms with Crippen molar-refractivity contribution in [3.05, 3.63) is 99.5 Å². The van der Waals surface area contributed by atoms with Crippen LogP contribution in [0.4, 0.5) is 5.69 Å². The summed E-state index contributed by atoms with van der Waals surface area (Å²) in [5.74, 6) is 0.0934. The summed E-state index contributed by atoms with van der Waals surface area (Å²) in [5, 5.41) is 4.14. The summed E-state index contributed by atoms with van der Waals surface area (Å²) in [6, 6.07) is 24.8. The highest BCUT2D eigenvalue weighted by molar-refractivity contribution is 9.10. The molecule has 3 rings (SSSR count). The summed E-state index contributed by atoms with van der Waals surface area (Å²) in [5.41, 5.74) is 2.71. The minimum atomic E-state index is -0.129. The van der Waals surface area contributed by atoms with E-state index in [0.29, 0.717) is 17.0 Å². The standard InChI is InChI=1S/C21H17BrClNO/c22-17-10-6-16(7-11-17)21(25)14-20(15-8-12-18(23)13-9-15)24-19-4-2-1-3-5-19/h1-13,20,24H,14H2. The van der Waals surface area contributed by atoms with E-state index in [2.05, 4.69) is 21.2 Å². The van der Waals surface area contributed by atoms with Crippen molar-refractivity contribution in [2.75, 3.05) is 5.32 Å². The quantitative estimate of drug-likeness (QED) is 0.465. The molecule has 0 saturated carbocycles. The number of hydrogen-bond acceptors (Lipinski definition) is 2. The van der Waals surface area contributed by atoms with Gasteiger partial charge in [-0.15, -0.1) is 0 Å². The number of rotatable bonds is 6. The number of carbonyl (C=O) groups is 1. The van der Waals surface area contributed by atoms with E-state index >= 15 is 0 Å². The number of anilines is 1. The van der Waals surface area contributed by atoms with E-state index in [9.17, 15) is 4.79 Å². The van der Waals surface area contributed by atoms with Gasteiger partial charge >= 0.3 is 0 Å². The molecule has 2 nitrogen and oxygen atoms in total. The second-order valence-corrected chi connectivity index (χ2v) is 7.10. The van der Waals surface area contributed by atoms with Gasteiger partial charge in [0.05, 0.1) is 6.04 Å². The van der Waals surface area contributed by atoms with Crippen molar-refractivity contribution in [3.8, 4) is 0 Å². The van der Waals surface area contributed by atoms with E-state index < -0.39 is 0 Å². The number of para-hydroxylation sites is 1. The monoisotopic (exact) mass is 413 g/mol. The molecule has 0 fully saturated rings. The van der Waals surface area contributed by atoms with Crippen molar-refractivity contribution in [3.63, 3.8) is 0 Å². The van der Waals surface area contributed by atoms with E-state index in [0.717, 1.165) is 15.7 Å². The molecule has 0 radical (unpaired) electrons. The Morgan fingerprint density at radius 1 is 0.920 bits per heavy atom. The van der Waals surface area contributed by atoms with Crippen LogP contribution in [0.2, 0.25) is 5.02 Å². The molecule has 4 heteroatoms. The lowest BCUT2D eigenvalue weighted by atomic mass is 9.97. The maximum Gasteiger partial charge on any atom is 0.165 e. The summed E-state index contributed by atoms with van der Waals surface area (Å²) in [6.45, 7) is 0. The van der Waals surface area contributed by atoms with Crippen LogP contribution in [0.25, 0.3) is 0 Å². The number of benzene rings is 3. The zero-order valence-electron chi connectivity index (χ0n) is 13.5. The summed E-state index contributed by atoms with van der Waals surface area (Å²) in [4.78, 5) is 12.7. The van der Waals surface area contributed by atoms with Gasteiger partial charge in [0.25, 0.3) is 0 Å². The van der Waals surface area contributed by atoms with Crippen LogP contribution in [0.15, 0.2) is 83.3 Å². The molecule has 1 N–H and O–H groups in total. The highest BCUT2D eigenvalue weighted by Gasteiger charge is 2.17. The number of Topliss-reactive ketones (excluding diaryl/α,β-unsaturated/α-hetero) is 1. The van der Waals surface area contributed by atoms with E-state index in [4.69, 9.17) is 11.6 Å². The molecule has 0 aliphatic rings. The zero-order chi connectivity index (χ0) is 17.6. The Morgan fingerprint density at radius 2 is 1.56 bits per heavy atom. The normalized spacial score (nSPS) is 11.8. The lowest BCUT2D eigenvalue weighted by molar-refractivity contribution is 0.0976. The molecule has 25 heavy (non-hydrogen) atoms. The molecule has 0 saturated heterocycles. The number of ketones is 1. The number of nitrogens with one attached hydrogen (secondary N) is 1. The van der Waals surface area contributed by atoms with Gasteiger partial charge in [0.2, 0.25) is 0 Å². The van der Waals surface area contributed by atoms with Crippen molar-refractivity contribution in [2.45, 2.75) is 12.5 Å². The van der Waals surface area contributed by atoms with E-state index in [1.54, 1.807) is 0 Å². The van der Waals surface area contributed by atoms with Gasteiger partial charge < -0.3 is 5.32 Å². The number of carbonyl (C=O) groups excluding carboxylic acids is 1. The van der Waals surface area contributed by atoms with Crippen LogP contribution in [0.3, 0.4) is 0 Å². The molecule has 0 aromatic heterocycles. The predicted octanol–water partition coefficient (Wildman–Crippen LogP) is 6.53.